The molecule has 3 heterocycles. The van der Waals surface area contributed by atoms with E-state index in [2.05, 4.69) is 20.4 Å². The number of rotatable bonds is 9. The Labute approximate surface area is 199 Å². The second-order valence-corrected chi connectivity index (χ2v) is 8.75. The number of thiophene rings is 1. The van der Waals surface area contributed by atoms with Gasteiger partial charge in [-0.2, -0.15) is 4.98 Å². The van der Waals surface area contributed by atoms with Gasteiger partial charge in [-0.3, -0.25) is 24.6 Å². The first-order valence-electron chi connectivity index (χ1n) is 10.9. The number of aromatic nitrogens is 2. The van der Waals surface area contributed by atoms with Gasteiger partial charge in [0.2, 0.25) is 17.6 Å². The fourth-order valence-corrected chi connectivity index (χ4v) is 4.32. The molecule has 34 heavy (non-hydrogen) atoms. The average molecular weight is 485 g/mol. The normalized spacial score (nSPS) is 14.2. The third-order valence-corrected chi connectivity index (χ3v) is 6.38. The van der Waals surface area contributed by atoms with Crippen molar-refractivity contribution in [1.82, 2.24) is 25.3 Å². The molecule has 2 aromatic heterocycles. The van der Waals surface area contributed by atoms with Gasteiger partial charge in [-0.1, -0.05) is 17.3 Å². The minimum absolute atomic E-state index is 0.148. The highest BCUT2D eigenvalue weighted by molar-refractivity contribution is 7.13. The van der Waals surface area contributed by atoms with Crippen LogP contribution in [0.25, 0.3) is 10.7 Å². The van der Waals surface area contributed by atoms with Crippen LogP contribution in [0, 0.1) is 10.1 Å². The molecule has 0 aliphatic carbocycles. The summed E-state index contributed by atoms with van der Waals surface area (Å²) in [6, 6.07) is 9.32. The molecule has 4 rings (SSSR count). The molecular weight excluding hydrogens is 460 g/mol. The predicted molar refractivity (Wildman–Crippen MR) is 124 cm³/mol. The number of aryl methyl sites for hydroxylation is 1. The number of carbonyl (C=O) groups excluding carboxylic acids is 2. The van der Waals surface area contributed by atoms with Crippen molar-refractivity contribution in [2.45, 2.75) is 12.8 Å². The predicted octanol–water partition coefficient (Wildman–Crippen LogP) is 2.21. The Morgan fingerprint density at radius 3 is 2.74 bits per heavy atom. The monoisotopic (exact) mass is 484 g/mol. The minimum Gasteiger partial charge on any atom is -0.343 e. The molecule has 1 N–H and O–H groups in total. The van der Waals surface area contributed by atoms with Crippen LogP contribution in [0.3, 0.4) is 0 Å². The Hall–Kier alpha value is -3.64. The highest BCUT2D eigenvalue weighted by atomic mass is 32.1. The minimum atomic E-state index is -0.564. The van der Waals surface area contributed by atoms with Crippen molar-refractivity contribution in [3.8, 4) is 10.7 Å². The SMILES string of the molecule is O=C(NCC(=O)N1CCN(CCCc2nc(-c3cccs3)no2)CC1)c1cccc([N+](=O)[O-])c1. The zero-order chi connectivity index (χ0) is 23.9. The fourth-order valence-electron chi connectivity index (χ4n) is 3.67. The van der Waals surface area contributed by atoms with Gasteiger partial charge in [0, 0.05) is 50.3 Å². The summed E-state index contributed by atoms with van der Waals surface area (Å²) in [5.41, 5.74) is -0.0206. The molecule has 0 atom stereocenters. The van der Waals surface area contributed by atoms with Crippen molar-refractivity contribution in [2.75, 3.05) is 39.3 Å². The lowest BCUT2D eigenvalue weighted by Crippen LogP contribution is -2.51. The van der Waals surface area contributed by atoms with Gasteiger partial charge in [0.25, 0.3) is 11.6 Å². The molecule has 1 aliphatic rings. The summed E-state index contributed by atoms with van der Waals surface area (Å²) in [6.45, 7) is 3.36. The second-order valence-electron chi connectivity index (χ2n) is 7.81. The largest absolute Gasteiger partial charge is 0.343 e. The summed E-state index contributed by atoms with van der Waals surface area (Å²) in [7, 11) is 0. The third-order valence-electron chi connectivity index (χ3n) is 5.52. The van der Waals surface area contributed by atoms with Crippen molar-refractivity contribution in [3.63, 3.8) is 0 Å². The Kier molecular flexibility index (Phi) is 7.60. The number of piperazine rings is 1. The van der Waals surface area contributed by atoms with E-state index in [0.717, 1.165) is 30.9 Å². The molecule has 0 spiro atoms. The van der Waals surface area contributed by atoms with E-state index >= 15 is 0 Å². The number of nitro groups is 1. The van der Waals surface area contributed by atoms with Gasteiger partial charge in [0.05, 0.1) is 16.3 Å². The maximum absolute atomic E-state index is 12.5. The highest BCUT2D eigenvalue weighted by Crippen LogP contribution is 2.21. The van der Waals surface area contributed by atoms with E-state index in [1.54, 1.807) is 16.2 Å². The lowest BCUT2D eigenvalue weighted by molar-refractivity contribution is -0.384. The Bertz CT molecular complexity index is 1140. The smallest absolute Gasteiger partial charge is 0.270 e. The lowest BCUT2D eigenvalue weighted by atomic mass is 10.2. The number of amides is 2. The Balaban J connectivity index is 1.15. The number of non-ortho nitro benzene ring substituents is 1. The Morgan fingerprint density at radius 1 is 1.18 bits per heavy atom. The van der Waals surface area contributed by atoms with Gasteiger partial charge in [-0.25, -0.2) is 0 Å². The maximum Gasteiger partial charge on any atom is 0.270 e. The van der Waals surface area contributed by atoms with E-state index in [1.165, 1.54) is 24.3 Å². The molecule has 178 valence electrons. The first-order valence-corrected chi connectivity index (χ1v) is 11.8. The molecule has 0 saturated carbocycles. The summed E-state index contributed by atoms with van der Waals surface area (Å²) in [4.78, 5) is 44.4. The van der Waals surface area contributed by atoms with Crippen molar-refractivity contribution < 1.29 is 19.0 Å². The summed E-state index contributed by atoms with van der Waals surface area (Å²) in [6.07, 6.45) is 1.57. The molecule has 12 heteroatoms. The summed E-state index contributed by atoms with van der Waals surface area (Å²) < 4.78 is 5.33. The Morgan fingerprint density at radius 2 is 2.00 bits per heavy atom. The van der Waals surface area contributed by atoms with Gasteiger partial charge in [-0.15, -0.1) is 11.3 Å². The number of hydrogen-bond donors (Lipinski definition) is 1. The first kappa shape index (κ1) is 23.5. The molecule has 1 aromatic carbocycles. The molecule has 11 nitrogen and oxygen atoms in total. The molecule has 1 fully saturated rings. The van der Waals surface area contributed by atoms with Gasteiger partial charge in [0.1, 0.15) is 0 Å². The highest BCUT2D eigenvalue weighted by Gasteiger charge is 2.22. The molecule has 0 bridgehead atoms. The van der Waals surface area contributed by atoms with Crippen molar-refractivity contribution in [3.05, 3.63) is 63.3 Å². The van der Waals surface area contributed by atoms with Crippen LogP contribution in [0.2, 0.25) is 0 Å². The van der Waals surface area contributed by atoms with Crippen LogP contribution in [-0.2, 0) is 11.2 Å². The van der Waals surface area contributed by atoms with Crippen LogP contribution < -0.4 is 5.32 Å². The first-order chi connectivity index (χ1) is 16.5. The van der Waals surface area contributed by atoms with Crippen LogP contribution in [0.5, 0.6) is 0 Å². The van der Waals surface area contributed by atoms with Crippen molar-refractivity contribution in [2.24, 2.45) is 0 Å². The molecular formula is C22H24N6O5S. The standard InChI is InChI=1S/C22H24N6O5S/c29-20(15-23-22(30)16-4-1-5-17(14-16)28(31)32)27-11-9-26(10-12-27)8-2-7-19-24-21(25-33-19)18-6-3-13-34-18/h1,3-6,13-14H,2,7-12,15H2,(H,23,30). The number of carbonyl (C=O) groups is 2. The molecule has 0 unspecified atom stereocenters. The topological polar surface area (TPSA) is 135 Å². The summed E-state index contributed by atoms with van der Waals surface area (Å²) in [5.74, 6) is 0.552. The van der Waals surface area contributed by atoms with Gasteiger partial charge in [0.15, 0.2) is 0 Å². The van der Waals surface area contributed by atoms with E-state index in [-0.39, 0.29) is 23.7 Å². The van der Waals surface area contributed by atoms with E-state index in [1.807, 2.05) is 17.5 Å². The zero-order valence-corrected chi connectivity index (χ0v) is 19.2. The van der Waals surface area contributed by atoms with E-state index in [9.17, 15) is 19.7 Å². The maximum atomic E-state index is 12.5. The summed E-state index contributed by atoms with van der Waals surface area (Å²) >= 11 is 1.57. The molecule has 3 aromatic rings. The van der Waals surface area contributed by atoms with E-state index < -0.39 is 10.8 Å². The zero-order valence-electron chi connectivity index (χ0n) is 18.4. The van der Waals surface area contributed by atoms with Crippen molar-refractivity contribution >= 4 is 28.8 Å². The van der Waals surface area contributed by atoms with Crippen LogP contribution in [0.4, 0.5) is 5.69 Å². The quantitative estimate of drug-likeness (QED) is 0.361. The third kappa shape index (κ3) is 6.02. The lowest BCUT2D eigenvalue weighted by Gasteiger charge is -2.34. The van der Waals surface area contributed by atoms with Gasteiger partial charge in [-0.05, 0) is 30.5 Å². The van der Waals surface area contributed by atoms with Gasteiger partial charge < -0.3 is 14.7 Å². The van der Waals surface area contributed by atoms with E-state index in [0.29, 0.717) is 31.2 Å². The van der Waals surface area contributed by atoms with Crippen LogP contribution in [0.1, 0.15) is 22.7 Å². The van der Waals surface area contributed by atoms with Crippen molar-refractivity contribution in [1.29, 1.82) is 0 Å². The van der Waals surface area contributed by atoms with Crippen LogP contribution in [-0.4, -0.2) is 75.9 Å². The van der Waals surface area contributed by atoms with Crippen LogP contribution >= 0.6 is 11.3 Å². The molecule has 1 saturated heterocycles. The number of nitro benzene ring substituents is 1. The van der Waals surface area contributed by atoms with Gasteiger partial charge >= 0.3 is 0 Å². The van der Waals surface area contributed by atoms with E-state index in [4.69, 9.17) is 4.52 Å². The molecule has 0 radical (unpaired) electrons. The second kappa shape index (κ2) is 11.0. The number of benzene rings is 1. The van der Waals surface area contributed by atoms with Crippen LogP contribution in [0.15, 0.2) is 46.3 Å². The fraction of sp³-hybridized carbons (Fsp3) is 0.364. The average Bonchev–Trinajstić information content (AvgIpc) is 3.55. The number of nitrogens with zero attached hydrogens (tertiary/aromatic N) is 5. The number of hydrogen-bond acceptors (Lipinski definition) is 9. The summed E-state index contributed by atoms with van der Waals surface area (Å²) in [5, 5.41) is 19.4. The molecule has 1 aliphatic heterocycles. The molecule has 2 amide bonds. The number of nitrogens with one attached hydrogen (secondary N) is 1.